The van der Waals surface area contributed by atoms with Crippen LogP contribution in [0.4, 0.5) is 18.9 Å². The number of alkyl halides is 3. The fourth-order valence-electron chi connectivity index (χ4n) is 3.15. The molecule has 0 bridgehead atoms. The van der Waals surface area contributed by atoms with Crippen LogP contribution >= 0.6 is 11.6 Å². The number of esters is 1. The van der Waals surface area contributed by atoms with Crippen LogP contribution in [0.2, 0.25) is 5.02 Å². The van der Waals surface area contributed by atoms with Gasteiger partial charge in [0.2, 0.25) is 0 Å². The van der Waals surface area contributed by atoms with Gasteiger partial charge in [-0.25, -0.2) is 4.79 Å². The molecule has 0 aliphatic rings. The largest absolute Gasteiger partial charge is 0.452 e. The Hall–Kier alpha value is -3.13. The van der Waals surface area contributed by atoms with Gasteiger partial charge in [-0.1, -0.05) is 36.7 Å². The molecule has 2 aromatic carbocycles. The third-order valence-electron chi connectivity index (χ3n) is 4.68. The second-order valence-electron chi connectivity index (χ2n) is 6.75. The molecule has 9 heteroatoms. The van der Waals surface area contributed by atoms with Crippen LogP contribution in [0.1, 0.15) is 34.1 Å². The van der Waals surface area contributed by atoms with E-state index in [9.17, 15) is 22.8 Å². The first kappa shape index (κ1) is 22.6. The second kappa shape index (κ2) is 8.93. The SMILES string of the molecule is CCc1nc2ccccc2c(C(=O)OCC(=O)Nc2cc(C(F)(F)F)ccc2Cl)c1C. The van der Waals surface area contributed by atoms with Crippen molar-refractivity contribution in [3.63, 3.8) is 0 Å². The van der Waals surface area contributed by atoms with E-state index in [2.05, 4.69) is 10.3 Å². The van der Waals surface area contributed by atoms with Crippen LogP contribution in [0.15, 0.2) is 42.5 Å². The van der Waals surface area contributed by atoms with Gasteiger partial charge in [0.1, 0.15) is 0 Å². The number of hydrogen-bond acceptors (Lipinski definition) is 4. The van der Waals surface area contributed by atoms with E-state index in [-0.39, 0.29) is 10.7 Å². The molecule has 0 saturated heterocycles. The van der Waals surface area contributed by atoms with E-state index in [0.29, 0.717) is 28.5 Å². The van der Waals surface area contributed by atoms with Crippen LogP contribution in [0.5, 0.6) is 0 Å². The maximum Gasteiger partial charge on any atom is 0.416 e. The normalized spacial score (nSPS) is 11.4. The molecule has 0 aliphatic carbocycles. The maximum atomic E-state index is 12.9. The Balaban J connectivity index is 1.78. The molecule has 0 saturated carbocycles. The number of carbonyl (C=O) groups is 2. The Morgan fingerprint density at radius 1 is 1.16 bits per heavy atom. The summed E-state index contributed by atoms with van der Waals surface area (Å²) in [7, 11) is 0. The third kappa shape index (κ3) is 4.96. The number of anilines is 1. The number of benzene rings is 2. The van der Waals surface area contributed by atoms with Crippen LogP contribution < -0.4 is 5.32 Å². The van der Waals surface area contributed by atoms with Crippen molar-refractivity contribution < 1.29 is 27.5 Å². The van der Waals surface area contributed by atoms with Gasteiger partial charge in [0, 0.05) is 11.1 Å². The minimum Gasteiger partial charge on any atom is -0.452 e. The van der Waals surface area contributed by atoms with Crippen molar-refractivity contribution in [3.05, 3.63) is 69.9 Å². The molecule has 0 fully saturated rings. The predicted octanol–water partition coefficient (Wildman–Crippen LogP) is 5.57. The molecule has 0 radical (unpaired) electrons. The summed E-state index contributed by atoms with van der Waals surface area (Å²) in [6.45, 7) is 2.96. The molecule has 0 spiro atoms. The number of pyridine rings is 1. The number of nitrogens with one attached hydrogen (secondary N) is 1. The standard InChI is InChI=1S/C22H18ClF3N2O3/c1-3-16-12(2)20(14-6-4-5-7-17(14)27-16)21(30)31-11-19(29)28-18-10-13(22(24,25)26)8-9-15(18)23/h4-10H,3,11H2,1-2H3,(H,28,29). The highest BCUT2D eigenvalue weighted by atomic mass is 35.5. The van der Waals surface area contributed by atoms with Gasteiger partial charge in [-0.15, -0.1) is 0 Å². The summed E-state index contributed by atoms with van der Waals surface area (Å²) in [4.78, 5) is 29.5. The molecule has 31 heavy (non-hydrogen) atoms. The van der Waals surface area contributed by atoms with Gasteiger partial charge in [0.15, 0.2) is 6.61 Å². The molecule has 1 aromatic heterocycles. The first-order valence-corrected chi connectivity index (χ1v) is 9.71. The topological polar surface area (TPSA) is 68.3 Å². The van der Waals surface area contributed by atoms with Gasteiger partial charge < -0.3 is 10.1 Å². The zero-order valence-electron chi connectivity index (χ0n) is 16.6. The van der Waals surface area contributed by atoms with Crippen molar-refractivity contribution in [2.75, 3.05) is 11.9 Å². The van der Waals surface area contributed by atoms with Crippen molar-refractivity contribution in [2.24, 2.45) is 0 Å². The monoisotopic (exact) mass is 450 g/mol. The quantitative estimate of drug-likeness (QED) is 0.516. The summed E-state index contributed by atoms with van der Waals surface area (Å²) in [6.07, 6.45) is -3.99. The number of amides is 1. The number of ether oxygens (including phenoxy) is 1. The summed E-state index contributed by atoms with van der Waals surface area (Å²) < 4.78 is 43.8. The smallest absolute Gasteiger partial charge is 0.416 e. The number of aryl methyl sites for hydroxylation is 1. The predicted molar refractivity (Wildman–Crippen MR) is 111 cm³/mol. The van der Waals surface area contributed by atoms with Crippen LogP contribution in [-0.4, -0.2) is 23.5 Å². The molecule has 1 N–H and O–H groups in total. The molecule has 0 unspecified atom stereocenters. The molecule has 3 aromatic rings. The lowest BCUT2D eigenvalue weighted by atomic mass is 10.0. The molecule has 0 atom stereocenters. The molecule has 5 nitrogen and oxygen atoms in total. The first-order valence-electron chi connectivity index (χ1n) is 9.33. The third-order valence-corrected chi connectivity index (χ3v) is 5.01. The number of fused-ring (bicyclic) bond motifs is 1. The Morgan fingerprint density at radius 2 is 1.87 bits per heavy atom. The number of halogens is 4. The van der Waals surface area contributed by atoms with Gasteiger partial charge in [-0.2, -0.15) is 13.2 Å². The van der Waals surface area contributed by atoms with E-state index in [0.717, 1.165) is 23.9 Å². The minimum absolute atomic E-state index is 0.0729. The van der Waals surface area contributed by atoms with Crippen LogP contribution in [-0.2, 0) is 22.1 Å². The zero-order valence-corrected chi connectivity index (χ0v) is 17.4. The fraction of sp³-hybridized carbons (Fsp3) is 0.227. The first-order chi connectivity index (χ1) is 14.6. The summed E-state index contributed by atoms with van der Waals surface area (Å²) >= 11 is 5.87. The summed E-state index contributed by atoms with van der Waals surface area (Å²) in [6, 6.07) is 9.61. The molecule has 1 amide bonds. The molecule has 0 aliphatic heterocycles. The highest BCUT2D eigenvalue weighted by Crippen LogP contribution is 2.33. The van der Waals surface area contributed by atoms with Crippen molar-refractivity contribution in [2.45, 2.75) is 26.4 Å². The number of hydrogen-bond donors (Lipinski definition) is 1. The number of nitrogens with zero attached hydrogens (tertiary/aromatic N) is 1. The van der Waals surface area contributed by atoms with E-state index in [1.807, 2.05) is 6.92 Å². The molecular formula is C22H18ClF3N2O3. The average Bonchev–Trinajstić information content (AvgIpc) is 2.72. The van der Waals surface area contributed by atoms with E-state index in [1.165, 1.54) is 0 Å². The summed E-state index contributed by atoms with van der Waals surface area (Å²) in [5.74, 6) is -1.54. The maximum absolute atomic E-state index is 12.9. The number of carbonyl (C=O) groups excluding carboxylic acids is 2. The van der Waals surface area contributed by atoms with Crippen LogP contribution in [0, 0.1) is 6.92 Å². The Kier molecular flexibility index (Phi) is 6.50. The van der Waals surface area contributed by atoms with E-state index in [1.54, 1.807) is 31.2 Å². The number of para-hydroxylation sites is 1. The van der Waals surface area contributed by atoms with Crippen LogP contribution in [0.3, 0.4) is 0 Å². The van der Waals surface area contributed by atoms with Crippen molar-refractivity contribution in [1.82, 2.24) is 4.98 Å². The van der Waals surface area contributed by atoms with Gasteiger partial charge in [-0.05, 0) is 43.2 Å². The Labute approximate surface area is 181 Å². The minimum atomic E-state index is -4.59. The van der Waals surface area contributed by atoms with E-state index in [4.69, 9.17) is 16.3 Å². The van der Waals surface area contributed by atoms with Crippen LogP contribution in [0.25, 0.3) is 10.9 Å². The highest BCUT2D eigenvalue weighted by Gasteiger charge is 2.31. The number of rotatable bonds is 5. The second-order valence-corrected chi connectivity index (χ2v) is 7.15. The average molecular weight is 451 g/mol. The van der Waals surface area contributed by atoms with Gasteiger partial charge in [0.25, 0.3) is 5.91 Å². The molecule has 162 valence electrons. The Bertz CT molecular complexity index is 1160. The summed E-state index contributed by atoms with van der Waals surface area (Å²) in [5, 5.41) is 2.76. The van der Waals surface area contributed by atoms with Gasteiger partial charge in [0.05, 0.1) is 27.4 Å². The molecular weight excluding hydrogens is 433 g/mol. The fourth-order valence-corrected chi connectivity index (χ4v) is 3.32. The lowest BCUT2D eigenvalue weighted by molar-refractivity contribution is -0.137. The lowest BCUT2D eigenvalue weighted by Crippen LogP contribution is -2.22. The van der Waals surface area contributed by atoms with Crippen molar-refractivity contribution in [1.29, 1.82) is 0 Å². The molecule has 1 heterocycles. The Morgan fingerprint density at radius 3 is 2.55 bits per heavy atom. The van der Waals surface area contributed by atoms with Crippen molar-refractivity contribution >= 4 is 40.1 Å². The molecule has 3 rings (SSSR count). The van der Waals surface area contributed by atoms with Crippen molar-refractivity contribution in [3.8, 4) is 0 Å². The number of aromatic nitrogens is 1. The summed E-state index contributed by atoms with van der Waals surface area (Å²) in [5.41, 5.74) is 1.11. The lowest BCUT2D eigenvalue weighted by Gasteiger charge is -2.14. The van der Waals surface area contributed by atoms with Gasteiger partial charge in [-0.3, -0.25) is 9.78 Å². The zero-order chi connectivity index (χ0) is 22.8. The highest BCUT2D eigenvalue weighted by molar-refractivity contribution is 6.33. The van der Waals surface area contributed by atoms with Gasteiger partial charge >= 0.3 is 12.1 Å². The van der Waals surface area contributed by atoms with E-state index >= 15 is 0 Å². The van der Waals surface area contributed by atoms with E-state index < -0.39 is 30.2 Å².